The summed E-state index contributed by atoms with van der Waals surface area (Å²) in [4.78, 5) is 27.0. The van der Waals surface area contributed by atoms with Crippen molar-refractivity contribution in [1.29, 1.82) is 0 Å². The van der Waals surface area contributed by atoms with Crippen LogP contribution >= 0.6 is 23.2 Å². The molecule has 0 saturated carbocycles. The molecule has 1 saturated heterocycles. The van der Waals surface area contributed by atoms with E-state index in [9.17, 15) is 9.59 Å². The van der Waals surface area contributed by atoms with Crippen molar-refractivity contribution in [2.45, 2.75) is 32.3 Å². The number of halogens is 2. The second-order valence-electron chi connectivity index (χ2n) is 6.76. The second kappa shape index (κ2) is 9.30. The number of amides is 2. The van der Waals surface area contributed by atoms with Crippen molar-refractivity contribution in [2.75, 3.05) is 18.4 Å². The van der Waals surface area contributed by atoms with Crippen LogP contribution in [0.5, 0.6) is 5.75 Å². The lowest BCUT2D eigenvalue weighted by atomic mass is 10.1. The number of likely N-dealkylation sites (tertiary alicyclic amines) is 1. The largest absolute Gasteiger partial charge is 0.479 e. The fraction of sp³-hybridized carbons (Fsp3) is 0.333. The van der Waals surface area contributed by atoms with Gasteiger partial charge in [0.05, 0.1) is 5.02 Å². The van der Waals surface area contributed by atoms with E-state index in [1.165, 1.54) is 0 Å². The van der Waals surface area contributed by atoms with Gasteiger partial charge in [-0.1, -0.05) is 29.3 Å². The van der Waals surface area contributed by atoms with Gasteiger partial charge < -0.3 is 15.0 Å². The van der Waals surface area contributed by atoms with Gasteiger partial charge in [0.2, 0.25) is 0 Å². The Bertz CT molecular complexity index is 866. The maximum Gasteiger partial charge on any atom is 0.265 e. The smallest absolute Gasteiger partial charge is 0.265 e. The number of nitrogens with zero attached hydrogens (tertiary/aromatic N) is 1. The molecule has 2 aromatic carbocycles. The van der Waals surface area contributed by atoms with Crippen LogP contribution in [0.15, 0.2) is 42.5 Å². The molecule has 1 fully saturated rings. The third-order valence-electron chi connectivity index (χ3n) is 4.59. The molecular weight excluding hydrogens is 399 g/mol. The summed E-state index contributed by atoms with van der Waals surface area (Å²) < 4.78 is 5.63. The van der Waals surface area contributed by atoms with E-state index in [0.717, 1.165) is 32.4 Å². The first-order valence-electron chi connectivity index (χ1n) is 9.26. The monoisotopic (exact) mass is 420 g/mol. The number of anilines is 1. The van der Waals surface area contributed by atoms with Gasteiger partial charge in [0.1, 0.15) is 5.75 Å². The van der Waals surface area contributed by atoms with Crippen molar-refractivity contribution >= 4 is 40.7 Å². The Morgan fingerprint density at radius 2 is 1.82 bits per heavy atom. The van der Waals surface area contributed by atoms with Gasteiger partial charge in [0.25, 0.3) is 11.8 Å². The van der Waals surface area contributed by atoms with Gasteiger partial charge in [-0.25, -0.2) is 0 Å². The summed E-state index contributed by atoms with van der Waals surface area (Å²) >= 11 is 12.0. The first-order chi connectivity index (χ1) is 13.4. The van der Waals surface area contributed by atoms with Crippen molar-refractivity contribution < 1.29 is 14.3 Å². The minimum absolute atomic E-state index is 0.00644. The summed E-state index contributed by atoms with van der Waals surface area (Å²) in [5, 5.41) is 3.61. The molecule has 3 rings (SSSR count). The van der Waals surface area contributed by atoms with E-state index in [1.54, 1.807) is 49.4 Å². The Kier molecular flexibility index (Phi) is 6.81. The maximum atomic E-state index is 12.6. The van der Waals surface area contributed by atoms with Crippen LogP contribution in [0, 0.1) is 0 Å². The summed E-state index contributed by atoms with van der Waals surface area (Å²) in [6.07, 6.45) is 2.45. The molecule has 0 aliphatic carbocycles. The highest BCUT2D eigenvalue weighted by Crippen LogP contribution is 2.28. The molecule has 0 aromatic heterocycles. The number of ether oxygens (including phenoxy) is 1. The van der Waals surface area contributed by atoms with Crippen molar-refractivity contribution in [2.24, 2.45) is 0 Å². The number of hydrogen-bond donors (Lipinski definition) is 1. The van der Waals surface area contributed by atoms with Crippen molar-refractivity contribution in [1.82, 2.24) is 4.90 Å². The molecule has 148 valence electrons. The van der Waals surface area contributed by atoms with E-state index in [0.29, 0.717) is 27.0 Å². The molecule has 7 heteroatoms. The van der Waals surface area contributed by atoms with E-state index in [4.69, 9.17) is 27.9 Å². The summed E-state index contributed by atoms with van der Waals surface area (Å²) in [5.41, 5.74) is 1.11. The van der Waals surface area contributed by atoms with Crippen LogP contribution in [0.1, 0.15) is 36.5 Å². The van der Waals surface area contributed by atoms with Crippen LogP contribution < -0.4 is 10.1 Å². The van der Waals surface area contributed by atoms with Gasteiger partial charge in [-0.05, 0) is 62.6 Å². The minimum atomic E-state index is -0.778. The fourth-order valence-electron chi connectivity index (χ4n) is 3.07. The molecule has 1 N–H and O–H groups in total. The highest BCUT2D eigenvalue weighted by atomic mass is 35.5. The average Bonchev–Trinajstić information content (AvgIpc) is 2.70. The predicted molar refractivity (Wildman–Crippen MR) is 111 cm³/mol. The molecule has 0 spiro atoms. The highest BCUT2D eigenvalue weighted by molar-refractivity contribution is 6.35. The number of benzene rings is 2. The van der Waals surface area contributed by atoms with E-state index in [2.05, 4.69) is 5.32 Å². The SMILES string of the molecule is CC(Oc1ccc(Cl)cc1Cl)C(=O)Nc1cccc(C(=O)N2CCCCC2)c1. The number of rotatable bonds is 5. The fourth-order valence-corrected chi connectivity index (χ4v) is 3.52. The van der Waals surface area contributed by atoms with Crippen molar-refractivity contribution in [3.63, 3.8) is 0 Å². The van der Waals surface area contributed by atoms with E-state index in [1.807, 2.05) is 4.90 Å². The zero-order valence-electron chi connectivity index (χ0n) is 15.6. The van der Waals surface area contributed by atoms with Gasteiger partial charge >= 0.3 is 0 Å². The zero-order valence-corrected chi connectivity index (χ0v) is 17.1. The number of piperidine rings is 1. The van der Waals surface area contributed by atoms with E-state index in [-0.39, 0.29) is 11.8 Å². The number of nitrogens with one attached hydrogen (secondary N) is 1. The highest BCUT2D eigenvalue weighted by Gasteiger charge is 2.20. The summed E-state index contributed by atoms with van der Waals surface area (Å²) in [7, 11) is 0. The summed E-state index contributed by atoms with van der Waals surface area (Å²) in [6, 6.07) is 11.8. The number of hydrogen-bond acceptors (Lipinski definition) is 3. The van der Waals surface area contributed by atoms with Gasteiger partial charge in [-0.15, -0.1) is 0 Å². The first kappa shape index (κ1) is 20.5. The molecule has 5 nitrogen and oxygen atoms in total. The second-order valence-corrected chi connectivity index (χ2v) is 7.60. The molecule has 2 aromatic rings. The Hall–Kier alpha value is -2.24. The van der Waals surface area contributed by atoms with Crippen LogP contribution in [0.2, 0.25) is 10.0 Å². The lowest BCUT2D eigenvalue weighted by Gasteiger charge is -2.26. The molecule has 1 atom stereocenters. The van der Waals surface area contributed by atoms with E-state index < -0.39 is 6.10 Å². The Morgan fingerprint density at radius 1 is 1.07 bits per heavy atom. The molecule has 0 bridgehead atoms. The van der Waals surface area contributed by atoms with Gasteiger partial charge in [-0.3, -0.25) is 9.59 Å². The Labute approximate surface area is 174 Å². The third kappa shape index (κ3) is 5.18. The molecular formula is C21H22Cl2N2O3. The van der Waals surface area contributed by atoms with Gasteiger partial charge in [0, 0.05) is 29.4 Å². The van der Waals surface area contributed by atoms with Gasteiger partial charge in [0.15, 0.2) is 6.10 Å². The quantitative estimate of drug-likeness (QED) is 0.737. The van der Waals surface area contributed by atoms with Crippen LogP contribution in [-0.2, 0) is 4.79 Å². The maximum absolute atomic E-state index is 12.6. The van der Waals surface area contributed by atoms with Crippen LogP contribution in [-0.4, -0.2) is 35.9 Å². The molecule has 28 heavy (non-hydrogen) atoms. The Morgan fingerprint density at radius 3 is 2.54 bits per heavy atom. The normalized spacial score (nSPS) is 15.0. The average molecular weight is 421 g/mol. The summed E-state index contributed by atoms with van der Waals surface area (Å²) in [5.74, 6) is 0.0318. The first-order valence-corrected chi connectivity index (χ1v) is 10.0. The Balaban J connectivity index is 1.64. The molecule has 1 aliphatic heterocycles. The van der Waals surface area contributed by atoms with Crippen LogP contribution in [0.4, 0.5) is 5.69 Å². The topological polar surface area (TPSA) is 58.6 Å². The van der Waals surface area contributed by atoms with Crippen molar-refractivity contribution in [3.05, 3.63) is 58.1 Å². The predicted octanol–water partition coefficient (Wildman–Crippen LogP) is 5.03. The molecule has 0 radical (unpaired) electrons. The number of carbonyl (C=O) groups is 2. The standard InChI is InChI=1S/C21H22Cl2N2O3/c1-14(28-19-9-8-16(22)13-18(19)23)20(26)24-17-7-5-6-15(12-17)21(27)25-10-3-2-4-11-25/h5-9,12-14H,2-4,10-11H2,1H3,(H,24,26). The van der Waals surface area contributed by atoms with Gasteiger partial charge in [-0.2, -0.15) is 0 Å². The zero-order chi connectivity index (χ0) is 20.1. The third-order valence-corrected chi connectivity index (χ3v) is 5.12. The molecule has 1 unspecified atom stereocenters. The molecule has 1 aliphatic rings. The van der Waals surface area contributed by atoms with Crippen LogP contribution in [0.3, 0.4) is 0 Å². The minimum Gasteiger partial charge on any atom is -0.479 e. The lowest BCUT2D eigenvalue weighted by molar-refractivity contribution is -0.122. The van der Waals surface area contributed by atoms with E-state index >= 15 is 0 Å². The van der Waals surface area contributed by atoms with Crippen LogP contribution in [0.25, 0.3) is 0 Å². The number of carbonyl (C=O) groups excluding carboxylic acids is 2. The van der Waals surface area contributed by atoms with Crippen molar-refractivity contribution in [3.8, 4) is 5.75 Å². The lowest BCUT2D eigenvalue weighted by Crippen LogP contribution is -2.35. The molecule has 1 heterocycles. The summed E-state index contributed by atoms with van der Waals surface area (Å²) in [6.45, 7) is 3.19. The molecule has 2 amide bonds.